The number of aromatic amines is 1. The largest absolute Gasteiger partial charge is 0.493 e. The average Bonchev–Trinajstić information content (AvgIpc) is 3.08. The van der Waals surface area contributed by atoms with Crippen LogP contribution in [-0.4, -0.2) is 23.2 Å². The second-order valence-corrected chi connectivity index (χ2v) is 5.25. The number of rotatable bonds is 3. The number of halogens is 1. The van der Waals surface area contributed by atoms with Crippen LogP contribution in [0.15, 0.2) is 39.9 Å². The Kier molecular flexibility index (Phi) is 3.60. The molecule has 0 amide bonds. The number of aromatic hydroxyl groups is 1. The van der Waals surface area contributed by atoms with Gasteiger partial charge in [-0.15, -0.1) is 21.6 Å². The van der Waals surface area contributed by atoms with Gasteiger partial charge in [0.15, 0.2) is 5.69 Å². The highest BCUT2D eigenvalue weighted by Crippen LogP contribution is 2.37. The number of nitrogens with one attached hydrogen (secondary N) is 1. The minimum Gasteiger partial charge on any atom is -0.493 e. The second kappa shape index (κ2) is 5.57. The molecule has 3 aromatic rings. The van der Waals surface area contributed by atoms with E-state index in [9.17, 15) is 14.3 Å². The molecule has 2 aromatic heterocycles. The lowest BCUT2D eigenvalue weighted by Crippen LogP contribution is -1.97. The maximum absolute atomic E-state index is 13.3. The van der Waals surface area contributed by atoms with E-state index in [1.54, 1.807) is 11.4 Å². The van der Waals surface area contributed by atoms with Crippen LogP contribution in [0.2, 0.25) is 0 Å². The topological polar surface area (TPSA) is 87.0 Å². The van der Waals surface area contributed by atoms with Gasteiger partial charge in [0, 0.05) is 5.39 Å². The molecule has 0 fully saturated rings. The van der Waals surface area contributed by atoms with E-state index in [1.807, 2.05) is 0 Å². The number of hydrogen-bond donors (Lipinski definition) is 2. The molecule has 0 aliphatic rings. The van der Waals surface area contributed by atoms with Crippen LogP contribution in [0.3, 0.4) is 0 Å². The van der Waals surface area contributed by atoms with Crippen LogP contribution in [0, 0.1) is 5.82 Å². The zero-order valence-corrected chi connectivity index (χ0v) is 12.1. The van der Waals surface area contributed by atoms with E-state index in [0.717, 1.165) is 0 Å². The second-order valence-electron chi connectivity index (χ2n) is 4.34. The predicted octanol–water partition coefficient (Wildman–Crippen LogP) is 4.28. The number of azo groups is 1. The summed E-state index contributed by atoms with van der Waals surface area (Å²) in [7, 11) is 1.28. The Hall–Kier alpha value is -2.74. The van der Waals surface area contributed by atoms with Gasteiger partial charge in [-0.05, 0) is 29.6 Å². The molecule has 0 bridgehead atoms. The average molecular weight is 319 g/mol. The van der Waals surface area contributed by atoms with Crippen LogP contribution in [0.4, 0.5) is 15.8 Å². The fraction of sp³-hybridized carbons (Fsp3) is 0.0714. The quantitative estimate of drug-likeness (QED) is 0.558. The molecule has 22 heavy (non-hydrogen) atoms. The molecule has 0 aliphatic heterocycles. The van der Waals surface area contributed by atoms with Crippen molar-refractivity contribution in [1.29, 1.82) is 0 Å². The number of aromatic nitrogens is 1. The lowest BCUT2D eigenvalue weighted by molar-refractivity contribution is 0.0607. The van der Waals surface area contributed by atoms with E-state index >= 15 is 0 Å². The van der Waals surface area contributed by atoms with Crippen molar-refractivity contribution in [1.82, 2.24) is 4.98 Å². The van der Waals surface area contributed by atoms with Gasteiger partial charge in [-0.1, -0.05) is 0 Å². The van der Waals surface area contributed by atoms with Gasteiger partial charge >= 0.3 is 5.97 Å². The molecule has 2 heterocycles. The minimum atomic E-state index is -0.516. The molecule has 6 nitrogen and oxygen atoms in total. The van der Waals surface area contributed by atoms with Crippen molar-refractivity contribution in [3.8, 4) is 5.88 Å². The Morgan fingerprint density at radius 1 is 1.36 bits per heavy atom. The van der Waals surface area contributed by atoms with Crippen LogP contribution >= 0.6 is 11.3 Å². The number of benzene rings is 1. The Labute approximate surface area is 127 Å². The first kappa shape index (κ1) is 14.2. The zero-order chi connectivity index (χ0) is 15.7. The van der Waals surface area contributed by atoms with Gasteiger partial charge < -0.3 is 14.8 Å². The third kappa shape index (κ3) is 2.44. The minimum absolute atomic E-state index is 0.108. The van der Waals surface area contributed by atoms with Gasteiger partial charge in [0.2, 0.25) is 5.88 Å². The third-order valence-electron chi connectivity index (χ3n) is 2.99. The van der Waals surface area contributed by atoms with E-state index in [1.165, 1.54) is 36.6 Å². The van der Waals surface area contributed by atoms with Crippen molar-refractivity contribution >= 4 is 39.6 Å². The van der Waals surface area contributed by atoms with Crippen LogP contribution in [0.5, 0.6) is 5.88 Å². The van der Waals surface area contributed by atoms with Crippen LogP contribution in [0.25, 0.3) is 10.9 Å². The molecule has 0 radical (unpaired) electrons. The van der Waals surface area contributed by atoms with Crippen molar-refractivity contribution < 1.29 is 19.0 Å². The summed E-state index contributed by atoms with van der Waals surface area (Å²) >= 11 is 1.17. The molecule has 112 valence electrons. The normalized spacial score (nSPS) is 11.4. The van der Waals surface area contributed by atoms with Gasteiger partial charge in [0.25, 0.3) is 0 Å². The lowest BCUT2D eigenvalue weighted by Gasteiger charge is -1.96. The summed E-state index contributed by atoms with van der Waals surface area (Å²) in [5, 5.41) is 19.8. The van der Waals surface area contributed by atoms with Crippen LogP contribution in [-0.2, 0) is 4.74 Å². The van der Waals surface area contributed by atoms with Crippen LogP contribution in [0.1, 0.15) is 9.67 Å². The van der Waals surface area contributed by atoms with Gasteiger partial charge in [-0.2, -0.15) is 0 Å². The highest BCUT2D eigenvalue weighted by atomic mass is 32.1. The number of ether oxygens (including phenoxy) is 1. The summed E-state index contributed by atoms with van der Waals surface area (Å²) in [6, 6.07) is 5.61. The lowest BCUT2D eigenvalue weighted by atomic mass is 10.2. The predicted molar refractivity (Wildman–Crippen MR) is 79.8 cm³/mol. The summed E-state index contributed by atoms with van der Waals surface area (Å²) in [6.45, 7) is 0. The number of thiophene rings is 1. The molecule has 3 rings (SSSR count). The zero-order valence-electron chi connectivity index (χ0n) is 11.3. The molecule has 0 spiro atoms. The molecule has 1 aromatic carbocycles. The molecular weight excluding hydrogens is 309 g/mol. The molecule has 2 N–H and O–H groups in total. The van der Waals surface area contributed by atoms with Gasteiger partial charge in [-0.3, -0.25) is 0 Å². The number of nitrogens with zero attached hydrogens (tertiary/aromatic N) is 2. The first-order chi connectivity index (χ1) is 10.6. The molecule has 0 atom stereocenters. The van der Waals surface area contributed by atoms with E-state index < -0.39 is 11.8 Å². The molecule has 8 heteroatoms. The van der Waals surface area contributed by atoms with E-state index in [2.05, 4.69) is 19.9 Å². The van der Waals surface area contributed by atoms with Gasteiger partial charge in [0.05, 0.1) is 12.6 Å². The first-order valence-corrected chi connectivity index (χ1v) is 7.06. The fourth-order valence-electron chi connectivity index (χ4n) is 1.97. The third-order valence-corrected chi connectivity index (χ3v) is 3.87. The maximum Gasteiger partial charge on any atom is 0.350 e. The Morgan fingerprint density at radius 3 is 2.95 bits per heavy atom. The van der Waals surface area contributed by atoms with Crippen molar-refractivity contribution in [3.05, 3.63) is 40.3 Å². The number of methoxy groups -OCH3 is 1. The van der Waals surface area contributed by atoms with Gasteiger partial charge in [-0.25, -0.2) is 9.18 Å². The van der Waals surface area contributed by atoms with E-state index in [4.69, 9.17) is 0 Å². The van der Waals surface area contributed by atoms with Crippen molar-refractivity contribution in [2.24, 2.45) is 10.2 Å². The Bertz CT molecular complexity index is 885. The fourth-order valence-corrected chi connectivity index (χ4v) is 2.71. The maximum atomic E-state index is 13.3. The Morgan fingerprint density at radius 2 is 2.18 bits per heavy atom. The number of H-pyrrole nitrogens is 1. The molecule has 0 saturated carbocycles. The van der Waals surface area contributed by atoms with Crippen molar-refractivity contribution in [3.63, 3.8) is 0 Å². The SMILES string of the molecule is COC(=O)c1sccc1N=Nc1c(O)[nH]c2ccc(F)cc12. The van der Waals surface area contributed by atoms with E-state index in [0.29, 0.717) is 21.5 Å². The molecular formula is C14H10FN3O3S. The van der Waals surface area contributed by atoms with Crippen LogP contribution < -0.4 is 0 Å². The number of esters is 1. The van der Waals surface area contributed by atoms with Crippen molar-refractivity contribution in [2.75, 3.05) is 7.11 Å². The van der Waals surface area contributed by atoms with E-state index in [-0.39, 0.29) is 11.6 Å². The number of carbonyl (C=O) groups is 1. The molecule has 0 unspecified atom stereocenters. The number of fused-ring (bicyclic) bond motifs is 1. The molecule has 0 saturated heterocycles. The summed E-state index contributed by atoms with van der Waals surface area (Å²) in [5.74, 6) is -1.19. The number of hydrogen-bond acceptors (Lipinski definition) is 6. The monoisotopic (exact) mass is 319 g/mol. The highest BCUT2D eigenvalue weighted by molar-refractivity contribution is 7.12. The number of carbonyl (C=O) groups excluding carboxylic acids is 1. The summed E-state index contributed by atoms with van der Waals surface area (Å²) in [5.41, 5.74) is 0.963. The first-order valence-electron chi connectivity index (χ1n) is 6.18. The smallest absolute Gasteiger partial charge is 0.350 e. The summed E-state index contributed by atoms with van der Waals surface area (Å²) in [4.78, 5) is 14.5. The highest BCUT2D eigenvalue weighted by Gasteiger charge is 2.15. The van der Waals surface area contributed by atoms with Gasteiger partial charge in [0.1, 0.15) is 16.4 Å². The summed E-state index contributed by atoms with van der Waals surface area (Å²) in [6.07, 6.45) is 0. The molecule has 0 aliphatic carbocycles. The van der Waals surface area contributed by atoms with Crippen molar-refractivity contribution in [2.45, 2.75) is 0 Å². The Balaban J connectivity index is 2.03. The standard InChI is InChI=1S/C14H10FN3O3S/c1-21-14(20)12-10(4-5-22-12)17-18-11-8-6-7(15)2-3-9(8)16-13(11)19/h2-6,16,19H,1H3. The summed E-state index contributed by atoms with van der Waals surface area (Å²) < 4.78 is 18.0.